The number of rotatable bonds is 2. The zero-order valence-corrected chi connectivity index (χ0v) is 15.2. The Morgan fingerprint density at radius 1 is 0.778 bits per heavy atom. The SMILES string of the molecule is O=C(OC(Cl)(C(Cl)(Cl)Cl)C(Cl)(Cl)Cl)C(Cl)=C(Cl)Cl. The topological polar surface area (TPSA) is 26.3 Å². The summed E-state index contributed by atoms with van der Waals surface area (Å²) in [5.41, 5.74) is 0. The van der Waals surface area contributed by atoms with Crippen LogP contribution in [0.3, 0.4) is 0 Å². The average molecular weight is 459 g/mol. The second-order valence-corrected chi connectivity index (χ2v) is 8.98. The predicted molar refractivity (Wildman–Crippen MR) is 79.8 cm³/mol. The average Bonchev–Trinajstić information content (AvgIpc) is 2.12. The first-order chi connectivity index (χ1) is 7.74. The highest BCUT2D eigenvalue weighted by molar-refractivity contribution is 6.77. The summed E-state index contributed by atoms with van der Waals surface area (Å²) in [7, 11) is 0. The molecule has 0 bridgehead atoms. The van der Waals surface area contributed by atoms with Crippen LogP contribution < -0.4 is 0 Å². The van der Waals surface area contributed by atoms with Crippen LogP contribution in [-0.4, -0.2) is 18.6 Å². The number of ether oxygens (including phenoxy) is 1. The molecule has 18 heavy (non-hydrogen) atoms. The fourth-order valence-corrected chi connectivity index (χ4v) is 2.31. The molecule has 0 radical (unpaired) electrons. The Labute approximate surface area is 152 Å². The van der Waals surface area contributed by atoms with E-state index in [1.165, 1.54) is 0 Å². The van der Waals surface area contributed by atoms with Gasteiger partial charge < -0.3 is 4.74 Å². The minimum Gasteiger partial charge on any atom is -0.429 e. The normalized spacial score (nSPS) is 13.2. The van der Waals surface area contributed by atoms with Gasteiger partial charge in [-0.15, -0.1) is 0 Å². The number of esters is 1. The van der Waals surface area contributed by atoms with Gasteiger partial charge in [0.2, 0.25) is 7.59 Å². The number of carbonyl (C=O) groups excluding carboxylic acids is 1. The zero-order valence-electron chi connectivity index (χ0n) is 7.60. The van der Waals surface area contributed by atoms with Gasteiger partial charge in [0.1, 0.15) is 4.49 Å². The standard InChI is InChI=1S/C6Cl10O2/c7-1(2(8)9)3(17)18-4(10,5(11,12)13)6(14,15)16. The molecule has 0 aliphatic rings. The van der Waals surface area contributed by atoms with Crippen molar-refractivity contribution in [2.45, 2.75) is 12.6 Å². The third-order valence-electron chi connectivity index (χ3n) is 1.31. The van der Waals surface area contributed by atoms with Crippen LogP contribution in [0.25, 0.3) is 0 Å². The maximum absolute atomic E-state index is 11.5. The number of hydrogen-bond acceptors (Lipinski definition) is 2. The molecule has 0 spiro atoms. The van der Waals surface area contributed by atoms with Crippen molar-refractivity contribution in [1.82, 2.24) is 0 Å². The molecule has 0 aromatic carbocycles. The minimum absolute atomic E-state index is 0.602. The lowest BCUT2D eigenvalue weighted by molar-refractivity contribution is -0.146. The van der Waals surface area contributed by atoms with Crippen LogP contribution in [0.2, 0.25) is 0 Å². The van der Waals surface area contributed by atoms with Gasteiger partial charge in [0.25, 0.3) is 5.06 Å². The molecule has 0 heterocycles. The van der Waals surface area contributed by atoms with Gasteiger partial charge in [-0.05, 0) is 0 Å². The highest BCUT2D eigenvalue weighted by Gasteiger charge is 2.64. The molecule has 12 heteroatoms. The van der Waals surface area contributed by atoms with Crippen molar-refractivity contribution < 1.29 is 9.53 Å². The molecular formula is C6Cl10O2. The Hall–Kier alpha value is 2.11. The summed E-state index contributed by atoms with van der Waals surface area (Å²) in [5.74, 6) is -1.34. The van der Waals surface area contributed by atoms with E-state index in [1.54, 1.807) is 0 Å². The number of alkyl halides is 7. The molecule has 0 saturated heterocycles. The van der Waals surface area contributed by atoms with Crippen LogP contribution in [-0.2, 0) is 9.53 Å². The lowest BCUT2D eigenvalue weighted by Gasteiger charge is -2.37. The van der Waals surface area contributed by atoms with Crippen LogP contribution in [0.5, 0.6) is 0 Å². The Morgan fingerprint density at radius 2 is 1.11 bits per heavy atom. The van der Waals surface area contributed by atoms with Crippen molar-refractivity contribution in [1.29, 1.82) is 0 Å². The summed E-state index contributed by atoms with van der Waals surface area (Å²) in [6.07, 6.45) is 0. The van der Waals surface area contributed by atoms with Crippen LogP contribution in [0.15, 0.2) is 9.52 Å². The molecule has 0 fully saturated rings. The molecule has 0 aliphatic carbocycles. The second-order valence-electron chi connectivity index (χ2n) is 2.55. The third kappa shape index (κ3) is 4.84. The summed E-state index contributed by atoms with van der Waals surface area (Å²) in [5, 5.41) is -3.39. The summed E-state index contributed by atoms with van der Waals surface area (Å²) < 4.78 is -0.998. The van der Waals surface area contributed by atoms with E-state index in [4.69, 9.17) is 116 Å². The molecule has 0 rings (SSSR count). The fourth-order valence-electron chi connectivity index (χ4n) is 0.526. The molecular weight excluding hydrogens is 459 g/mol. The molecule has 0 amide bonds. The molecule has 0 atom stereocenters. The van der Waals surface area contributed by atoms with Crippen molar-refractivity contribution in [3.8, 4) is 0 Å². The first-order valence-electron chi connectivity index (χ1n) is 3.50. The Balaban J connectivity index is 5.46. The maximum atomic E-state index is 11.5. The Kier molecular flexibility index (Phi) is 7.72. The first-order valence-corrected chi connectivity index (χ1v) is 7.28. The van der Waals surface area contributed by atoms with Gasteiger partial charge in [-0.1, -0.05) is 116 Å². The molecule has 0 aromatic heterocycles. The summed E-state index contributed by atoms with van der Waals surface area (Å²) in [6, 6.07) is 0. The van der Waals surface area contributed by atoms with E-state index in [0.717, 1.165) is 0 Å². The van der Waals surface area contributed by atoms with Crippen molar-refractivity contribution in [2.75, 3.05) is 0 Å². The molecule has 0 saturated carbocycles. The van der Waals surface area contributed by atoms with Gasteiger partial charge in [-0.25, -0.2) is 4.79 Å². The van der Waals surface area contributed by atoms with Gasteiger partial charge in [0.15, 0.2) is 5.03 Å². The maximum Gasteiger partial charge on any atom is 0.354 e. The Morgan fingerprint density at radius 3 is 1.33 bits per heavy atom. The van der Waals surface area contributed by atoms with Gasteiger partial charge >= 0.3 is 5.97 Å². The van der Waals surface area contributed by atoms with Gasteiger partial charge in [-0.3, -0.25) is 0 Å². The lowest BCUT2D eigenvalue weighted by Crippen LogP contribution is -2.52. The van der Waals surface area contributed by atoms with Crippen molar-refractivity contribution >= 4 is 122 Å². The Bertz CT molecular complexity index is 346. The molecule has 0 N–H and O–H groups in total. The lowest BCUT2D eigenvalue weighted by atomic mass is 10.4. The molecule has 2 nitrogen and oxygen atoms in total. The molecule has 106 valence electrons. The van der Waals surface area contributed by atoms with Crippen LogP contribution >= 0.6 is 116 Å². The smallest absolute Gasteiger partial charge is 0.354 e. The summed E-state index contributed by atoms with van der Waals surface area (Å²) >= 11 is 54.6. The van der Waals surface area contributed by atoms with Gasteiger partial charge in [-0.2, -0.15) is 0 Å². The number of carbonyl (C=O) groups is 1. The highest BCUT2D eigenvalue weighted by atomic mass is 35.6. The van der Waals surface area contributed by atoms with Crippen molar-refractivity contribution in [3.63, 3.8) is 0 Å². The minimum atomic E-state index is -2.66. The van der Waals surface area contributed by atoms with E-state index >= 15 is 0 Å². The van der Waals surface area contributed by atoms with Crippen molar-refractivity contribution in [3.05, 3.63) is 9.52 Å². The number of halogens is 10. The largest absolute Gasteiger partial charge is 0.429 e. The predicted octanol–water partition coefficient (Wildman–Crippen LogP) is 6.09. The molecule has 0 aliphatic heterocycles. The van der Waals surface area contributed by atoms with Crippen LogP contribution in [0.4, 0.5) is 0 Å². The van der Waals surface area contributed by atoms with E-state index in [0.29, 0.717) is 0 Å². The zero-order chi connectivity index (χ0) is 14.9. The highest BCUT2D eigenvalue weighted by Crippen LogP contribution is 2.56. The molecule has 0 aromatic rings. The van der Waals surface area contributed by atoms with E-state index in [1.807, 2.05) is 0 Å². The van der Waals surface area contributed by atoms with Crippen LogP contribution in [0, 0.1) is 0 Å². The van der Waals surface area contributed by atoms with Gasteiger partial charge in [0.05, 0.1) is 0 Å². The van der Waals surface area contributed by atoms with E-state index < -0.39 is 28.1 Å². The summed E-state index contributed by atoms with van der Waals surface area (Å²) in [6.45, 7) is 0. The van der Waals surface area contributed by atoms with Crippen molar-refractivity contribution in [2.24, 2.45) is 0 Å². The molecule has 0 unspecified atom stereocenters. The van der Waals surface area contributed by atoms with Crippen LogP contribution in [0.1, 0.15) is 0 Å². The summed E-state index contributed by atoms with van der Waals surface area (Å²) in [4.78, 5) is 11.5. The fraction of sp³-hybridized carbons (Fsp3) is 0.500. The van der Waals surface area contributed by atoms with E-state index in [2.05, 4.69) is 4.74 Å². The van der Waals surface area contributed by atoms with Gasteiger partial charge in [0, 0.05) is 0 Å². The quantitative estimate of drug-likeness (QED) is 0.284. The first kappa shape index (κ1) is 20.1. The van der Waals surface area contributed by atoms with E-state index in [9.17, 15) is 4.79 Å². The second kappa shape index (κ2) is 6.91. The van der Waals surface area contributed by atoms with E-state index in [-0.39, 0.29) is 0 Å². The third-order valence-corrected chi connectivity index (χ3v) is 5.04. The monoisotopic (exact) mass is 454 g/mol. The number of hydrogen-bond donors (Lipinski definition) is 0.